The SMILES string of the molecule is CCCCCCOC(=O)OCCNC(=O)[C@H](C)OC(=O)OCCCCCC. The summed E-state index contributed by atoms with van der Waals surface area (Å²) < 4.78 is 19.5. The highest BCUT2D eigenvalue weighted by atomic mass is 16.7. The molecule has 0 spiro atoms. The largest absolute Gasteiger partial charge is 0.509 e. The van der Waals surface area contributed by atoms with Crippen LogP contribution in [0.4, 0.5) is 9.59 Å². The first kappa shape index (κ1) is 25.0. The number of unbranched alkanes of at least 4 members (excludes halogenated alkanes) is 6. The van der Waals surface area contributed by atoms with Gasteiger partial charge in [0.25, 0.3) is 5.91 Å². The zero-order valence-electron chi connectivity index (χ0n) is 16.9. The van der Waals surface area contributed by atoms with Gasteiger partial charge in [-0.2, -0.15) is 0 Å². The molecule has 1 atom stereocenters. The van der Waals surface area contributed by atoms with E-state index in [0.717, 1.165) is 51.4 Å². The molecule has 27 heavy (non-hydrogen) atoms. The van der Waals surface area contributed by atoms with Crippen molar-refractivity contribution in [2.24, 2.45) is 0 Å². The van der Waals surface area contributed by atoms with E-state index in [4.69, 9.17) is 18.9 Å². The molecule has 1 N–H and O–H groups in total. The Bertz CT molecular complexity index is 415. The third-order valence-electron chi connectivity index (χ3n) is 3.70. The fraction of sp³-hybridized carbons (Fsp3) is 0.842. The summed E-state index contributed by atoms with van der Waals surface area (Å²) in [6.07, 6.45) is 5.39. The van der Waals surface area contributed by atoms with Gasteiger partial charge in [0.1, 0.15) is 6.61 Å². The van der Waals surface area contributed by atoms with Crippen LogP contribution >= 0.6 is 0 Å². The molecular formula is C19H35NO7. The van der Waals surface area contributed by atoms with Crippen molar-refractivity contribution in [1.82, 2.24) is 5.32 Å². The van der Waals surface area contributed by atoms with Gasteiger partial charge in [0.15, 0.2) is 6.10 Å². The summed E-state index contributed by atoms with van der Waals surface area (Å²) >= 11 is 0. The van der Waals surface area contributed by atoms with Crippen molar-refractivity contribution in [1.29, 1.82) is 0 Å². The van der Waals surface area contributed by atoms with Crippen LogP contribution in [-0.2, 0) is 23.7 Å². The molecule has 0 radical (unpaired) electrons. The molecule has 0 rings (SSSR count). The van der Waals surface area contributed by atoms with E-state index in [0.29, 0.717) is 6.61 Å². The highest BCUT2D eigenvalue weighted by molar-refractivity contribution is 5.82. The van der Waals surface area contributed by atoms with Crippen molar-refractivity contribution < 1.29 is 33.3 Å². The van der Waals surface area contributed by atoms with Crippen LogP contribution in [0.1, 0.15) is 72.1 Å². The van der Waals surface area contributed by atoms with E-state index in [9.17, 15) is 14.4 Å². The summed E-state index contributed by atoms with van der Waals surface area (Å²) in [6.45, 7) is 6.33. The molecule has 0 saturated carbocycles. The zero-order valence-corrected chi connectivity index (χ0v) is 16.9. The predicted octanol–water partition coefficient (Wildman–Crippen LogP) is 3.96. The van der Waals surface area contributed by atoms with Gasteiger partial charge in [0.2, 0.25) is 0 Å². The summed E-state index contributed by atoms with van der Waals surface area (Å²) in [4.78, 5) is 34.6. The minimum Gasteiger partial charge on any atom is -0.434 e. The molecule has 0 unspecified atom stereocenters. The fourth-order valence-corrected chi connectivity index (χ4v) is 2.09. The molecule has 0 aliphatic rings. The van der Waals surface area contributed by atoms with Gasteiger partial charge in [-0.1, -0.05) is 52.4 Å². The quantitative estimate of drug-likeness (QED) is 0.334. The number of carbonyl (C=O) groups is 3. The van der Waals surface area contributed by atoms with E-state index in [1.807, 2.05) is 0 Å². The topological polar surface area (TPSA) is 100 Å². The Morgan fingerprint density at radius 3 is 1.81 bits per heavy atom. The Morgan fingerprint density at radius 2 is 1.26 bits per heavy atom. The van der Waals surface area contributed by atoms with E-state index in [1.165, 1.54) is 6.92 Å². The highest BCUT2D eigenvalue weighted by Gasteiger charge is 2.18. The molecule has 0 heterocycles. The first-order valence-corrected chi connectivity index (χ1v) is 9.91. The van der Waals surface area contributed by atoms with Gasteiger partial charge in [0, 0.05) is 0 Å². The van der Waals surface area contributed by atoms with Gasteiger partial charge in [-0.3, -0.25) is 4.79 Å². The molecule has 0 aromatic carbocycles. The van der Waals surface area contributed by atoms with Gasteiger partial charge in [-0.15, -0.1) is 0 Å². The molecule has 8 heteroatoms. The van der Waals surface area contributed by atoms with E-state index < -0.39 is 24.3 Å². The van der Waals surface area contributed by atoms with Crippen LogP contribution in [0.2, 0.25) is 0 Å². The summed E-state index contributed by atoms with van der Waals surface area (Å²) in [5.41, 5.74) is 0. The molecule has 0 fully saturated rings. The standard InChI is InChI=1S/C19H35NO7/c1-4-6-8-10-13-24-18(22)26-15-12-20-17(21)16(3)27-19(23)25-14-11-9-7-5-2/h16H,4-15H2,1-3H3,(H,20,21)/t16-/m0/s1. The van der Waals surface area contributed by atoms with Crippen molar-refractivity contribution in [2.75, 3.05) is 26.4 Å². The molecule has 0 aliphatic carbocycles. The maximum absolute atomic E-state index is 11.8. The first-order chi connectivity index (χ1) is 13.0. The Balaban J connectivity index is 3.67. The lowest BCUT2D eigenvalue weighted by Crippen LogP contribution is -2.38. The Labute approximate surface area is 162 Å². The summed E-state index contributed by atoms with van der Waals surface area (Å²) in [5, 5.41) is 2.51. The van der Waals surface area contributed by atoms with E-state index in [-0.39, 0.29) is 19.8 Å². The average Bonchev–Trinajstić information content (AvgIpc) is 2.64. The molecule has 0 aromatic rings. The van der Waals surface area contributed by atoms with Crippen molar-refractivity contribution in [2.45, 2.75) is 78.2 Å². The lowest BCUT2D eigenvalue weighted by molar-refractivity contribution is -0.130. The second-order valence-electron chi connectivity index (χ2n) is 6.22. The molecule has 1 amide bonds. The van der Waals surface area contributed by atoms with Gasteiger partial charge >= 0.3 is 12.3 Å². The number of hydrogen-bond acceptors (Lipinski definition) is 7. The van der Waals surface area contributed by atoms with Gasteiger partial charge in [-0.05, 0) is 19.8 Å². The van der Waals surface area contributed by atoms with Crippen LogP contribution < -0.4 is 5.32 Å². The smallest absolute Gasteiger partial charge is 0.434 e. The van der Waals surface area contributed by atoms with Crippen molar-refractivity contribution in [3.63, 3.8) is 0 Å². The maximum Gasteiger partial charge on any atom is 0.509 e. The second kappa shape index (κ2) is 17.4. The third kappa shape index (κ3) is 15.9. The van der Waals surface area contributed by atoms with Gasteiger partial charge in [-0.25, -0.2) is 9.59 Å². The Morgan fingerprint density at radius 1 is 0.741 bits per heavy atom. The highest BCUT2D eigenvalue weighted by Crippen LogP contribution is 2.01. The number of amides is 1. The third-order valence-corrected chi connectivity index (χ3v) is 3.70. The average molecular weight is 389 g/mol. The van der Waals surface area contributed by atoms with Crippen LogP contribution in [0.25, 0.3) is 0 Å². The zero-order chi connectivity index (χ0) is 20.3. The summed E-state index contributed by atoms with van der Waals surface area (Å²) in [7, 11) is 0. The predicted molar refractivity (Wildman–Crippen MR) is 100 cm³/mol. The Kier molecular flexibility index (Phi) is 16.1. The lowest BCUT2D eigenvalue weighted by atomic mass is 10.2. The molecule has 0 bridgehead atoms. The Hall–Kier alpha value is -1.99. The number of ether oxygens (including phenoxy) is 4. The van der Waals surface area contributed by atoms with E-state index in [1.54, 1.807) is 0 Å². The number of rotatable bonds is 15. The van der Waals surface area contributed by atoms with Crippen molar-refractivity contribution in [3.8, 4) is 0 Å². The second-order valence-corrected chi connectivity index (χ2v) is 6.22. The summed E-state index contributed by atoms with van der Waals surface area (Å²) in [5.74, 6) is -0.491. The number of nitrogens with one attached hydrogen (secondary N) is 1. The van der Waals surface area contributed by atoms with Crippen molar-refractivity contribution >= 4 is 18.2 Å². The molecule has 8 nitrogen and oxygen atoms in total. The minimum absolute atomic E-state index is 0.0197. The van der Waals surface area contributed by atoms with E-state index in [2.05, 4.69) is 19.2 Å². The monoisotopic (exact) mass is 389 g/mol. The number of hydrogen-bond donors (Lipinski definition) is 1. The van der Waals surface area contributed by atoms with Crippen LogP contribution in [0, 0.1) is 0 Å². The van der Waals surface area contributed by atoms with Crippen LogP contribution in [0.15, 0.2) is 0 Å². The minimum atomic E-state index is -0.987. The van der Waals surface area contributed by atoms with Gasteiger partial charge in [0.05, 0.1) is 19.8 Å². The summed E-state index contributed by atoms with van der Waals surface area (Å²) in [6, 6.07) is 0. The molecule has 0 aliphatic heterocycles. The molecular weight excluding hydrogens is 354 g/mol. The molecule has 0 saturated heterocycles. The first-order valence-electron chi connectivity index (χ1n) is 9.91. The maximum atomic E-state index is 11.8. The van der Waals surface area contributed by atoms with Gasteiger partial charge < -0.3 is 24.3 Å². The van der Waals surface area contributed by atoms with Crippen LogP contribution in [-0.4, -0.2) is 50.7 Å². The fourth-order valence-electron chi connectivity index (χ4n) is 2.09. The molecule has 158 valence electrons. The van der Waals surface area contributed by atoms with E-state index >= 15 is 0 Å². The van der Waals surface area contributed by atoms with Crippen molar-refractivity contribution in [3.05, 3.63) is 0 Å². The van der Waals surface area contributed by atoms with Crippen LogP contribution in [0.3, 0.4) is 0 Å². The molecule has 0 aromatic heterocycles. The lowest BCUT2D eigenvalue weighted by Gasteiger charge is -2.13. The van der Waals surface area contributed by atoms with Crippen LogP contribution in [0.5, 0.6) is 0 Å². The number of carbonyl (C=O) groups excluding carboxylic acids is 3. The normalized spacial score (nSPS) is 11.4.